The molecule has 1 fully saturated rings. The monoisotopic (exact) mass is 298 g/mol. The highest BCUT2D eigenvalue weighted by Crippen LogP contribution is 2.30. The summed E-state index contributed by atoms with van der Waals surface area (Å²) in [7, 11) is 0. The van der Waals surface area contributed by atoms with Crippen molar-refractivity contribution in [1.82, 2.24) is 10.6 Å². The van der Waals surface area contributed by atoms with Crippen LogP contribution in [0.15, 0.2) is 24.3 Å². The Labute approximate surface area is 126 Å². The van der Waals surface area contributed by atoms with Crippen LogP contribution in [0.25, 0.3) is 0 Å². The van der Waals surface area contributed by atoms with Crippen LogP contribution in [0.1, 0.15) is 30.1 Å². The maximum atomic E-state index is 12.1. The molecule has 4 nitrogen and oxygen atoms in total. The molecule has 0 heterocycles. The maximum absolute atomic E-state index is 12.1. The predicted octanol–water partition coefficient (Wildman–Crippen LogP) is 2.24. The Morgan fingerprint density at radius 1 is 1.30 bits per heavy atom. The molecular formula is C15H23ClN2O2. The summed E-state index contributed by atoms with van der Waals surface area (Å²) >= 11 is 0. The Hall–Kier alpha value is -1.26. The summed E-state index contributed by atoms with van der Waals surface area (Å²) in [5.74, 6) is 1.31. The molecular weight excluding hydrogens is 276 g/mol. The molecule has 0 atom stereocenters. The van der Waals surface area contributed by atoms with E-state index in [0.717, 1.165) is 19.7 Å². The van der Waals surface area contributed by atoms with E-state index in [0.29, 0.717) is 23.8 Å². The number of carbonyl (C=O) groups is 1. The van der Waals surface area contributed by atoms with Gasteiger partial charge >= 0.3 is 0 Å². The zero-order valence-electron chi connectivity index (χ0n) is 11.9. The standard InChI is InChI=1S/C15H22N2O2.ClH/c1-2-16-9-10-17-15(18)13-5-3-4-6-14(13)19-11-12-7-8-12;/h3-6,12,16H,2,7-11H2,1H3,(H,17,18);1H. The van der Waals surface area contributed by atoms with Crippen molar-refractivity contribution in [3.05, 3.63) is 29.8 Å². The number of amides is 1. The average molecular weight is 299 g/mol. The van der Waals surface area contributed by atoms with Crippen LogP contribution in [-0.4, -0.2) is 32.1 Å². The first-order valence-electron chi connectivity index (χ1n) is 7.02. The van der Waals surface area contributed by atoms with Gasteiger partial charge in [0.1, 0.15) is 5.75 Å². The van der Waals surface area contributed by atoms with Crippen LogP contribution in [0.4, 0.5) is 0 Å². The molecule has 1 saturated carbocycles. The second kappa shape index (κ2) is 8.82. The van der Waals surface area contributed by atoms with Crippen LogP contribution in [-0.2, 0) is 0 Å². The van der Waals surface area contributed by atoms with E-state index in [-0.39, 0.29) is 18.3 Å². The molecule has 1 aliphatic rings. The molecule has 0 spiro atoms. The molecule has 1 amide bonds. The van der Waals surface area contributed by atoms with Crippen molar-refractivity contribution in [2.45, 2.75) is 19.8 Å². The summed E-state index contributed by atoms with van der Waals surface area (Å²) in [6.07, 6.45) is 2.49. The first-order chi connectivity index (χ1) is 9.31. The molecule has 5 heteroatoms. The van der Waals surface area contributed by atoms with Crippen molar-refractivity contribution >= 4 is 18.3 Å². The molecule has 0 aliphatic heterocycles. The summed E-state index contributed by atoms with van der Waals surface area (Å²) in [5, 5.41) is 6.07. The number of ether oxygens (including phenoxy) is 1. The molecule has 0 bridgehead atoms. The average Bonchev–Trinajstić information content (AvgIpc) is 3.25. The molecule has 2 N–H and O–H groups in total. The SMILES string of the molecule is CCNCCNC(=O)c1ccccc1OCC1CC1.Cl. The van der Waals surface area contributed by atoms with Gasteiger partial charge in [-0.3, -0.25) is 4.79 Å². The van der Waals surface area contributed by atoms with Crippen molar-refractivity contribution in [1.29, 1.82) is 0 Å². The van der Waals surface area contributed by atoms with Gasteiger partial charge in [0.05, 0.1) is 12.2 Å². The van der Waals surface area contributed by atoms with Gasteiger partial charge in [0.2, 0.25) is 0 Å². The van der Waals surface area contributed by atoms with Gasteiger partial charge in [-0.1, -0.05) is 19.1 Å². The van der Waals surface area contributed by atoms with Gasteiger partial charge in [0.15, 0.2) is 0 Å². The van der Waals surface area contributed by atoms with E-state index in [1.165, 1.54) is 12.8 Å². The molecule has 1 aromatic carbocycles. The van der Waals surface area contributed by atoms with Gasteiger partial charge < -0.3 is 15.4 Å². The molecule has 1 aromatic rings. The number of benzene rings is 1. The molecule has 1 aliphatic carbocycles. The summed E-state index contributed by atoms with van der Waals surface area (Å²) in [6.45, 7) is 5.10. The molecule has 0 aromatic heterocycles. The fraction of sp³-hybridized carbons (Fsp3) is 0.533. The minimum absolute atomic E-state index is 0. The molecule has 20 heavy (non-hydrogen) atoms. The third-order valence-corrected chi connectivity index (χ3v) is 3.14. The lowest BCUT2D eigenvalue weighted by molar-refractivity contribution is 0.0949. The van der Waals surface area contributed by atoms with E-state index >= 15 is 0 Å². The van der Waals surface area contributed by atoms with Crippen LogP contribution in [0.5, 0.6) is 5.75 Å². The summed E-state index contributed by atoms with van der Waals surface area (Å²) in [6, 6.07) is 7.44. The first kappa shape index (κ1) is 16.8. The van der Waals surface area contributed by atoms with E-state index in [4.69, 9.17) is 4.74 Å². The minimum Gasteiger partial charge on any atom is -0.492 e. The fourth-order valence-corrected chi connectivity index (χ4v) is 1.81. The van der Waals surface area contributed by atoms with Gasteiger partial charge in [0, 0.05) is 13.1 Å². The van der Waals surface area contributed by atoms with E-state index in [1.54, 1.807) is 0 Å². The number of halogens is 1. The highest BCUT2D eigenvalue weighted by Gasteiger charge is 2.22. The van der Waals surface area contributed by atoms with Crippen LogP contribution in [0.2, 0.25) is 0 Å². The Morgan fingerprint density at radius 2 is 2.05 bits per heavy atom. The maximum Gasteiger partial charge on any atom is 0.255 e. The summed E-state index contributed by atoms with van der Waals surface area (Å²) < 4.78 is 5.73. The number of para-hydroxylation sites is 1. The zero-order valence-corrected chi connectivity index (χ0v) is 12.7. The van der Waals surface area contributed by atoms with E-state index in [9.17, 15) is 4.79 Å². The van der Waals surface area contributed by atoms with E-state index in [2.05, 4.69) is 10.6 Å². The van der Waals surface area contributed by atoms with Gasteiger partial charge in [0.25, 0.3) is 5.91 Å². The third kappa shape index (κ3) is 5.39. The lowest BCUT2D eigenvalue weighted by atomic mass is 10.2. The van der Waals surface area contributed by atoms with E-state index in [1.807, 2.05) is 31.2 Å². The van der Waals surface area contributed by atoms with Gasteiger partial charge in [-0.25, -0.2) is 0 Å². The number of carbonyl (C=O) groups excluding carboxylic acids is 1. The lowest BCUT2D eigenvalue weighted by Crippen LogP contribution is -2.32. The fourth-order valence-electron chi connectivity index (χ4n) is 1.81. The molecule has 2 rings (SSSR count). The number of hydrogen-bond donors (Lipinski definition) is 2. The topological polar surface area (TPSA) is 50.4 Å². The smallest absolute Gasteiger partial charge is 0.255 e. The van der Waals surface area contributed by atoms with Crippen LogP contribution in [0, 0.1) is 5.92 Å². The highest BCUT2D eigenvalue weighted by molar-refractivity contribution is 5.96. The Kier molecular flexibility index (Phi) is 7.41. The van der Waals surface area contributed by atoms with Crippen molar-refractivity contribution < 1.29 is 9.53 Å². The second-order valence-corrected chi connectivity index (χ2v) is 4.86. The van der Waals surface area contributed by atoms with E-state index < -0.39 is 0 Å². The molecule has 0 unspecified atom stereocenters. The molecule has 0 saturated heterocycles. The zero-order chi connectivity index (χ0) is 13.5. The summed E-state index contributed by atoms with van der Waals surface area (Å²) in [5.41, 5.74) is 0.625. The normalized spacial score (nSPS) is 13.4. The van der Waals surface area contributed by atoms with Crippen LogP contribution in [0.3, 0.4) is 0 Å². The summed E-state index contributed by atoms with van der Waals surface area (Å²) in [4.78, 5) is 12.1. The number of likely N-dealkylation sites (N-methyl/N-ethyl adjacent to an activating group) is 1. The van der Waals surface area contributed by atoms with Gasteiger partial charge in [-0.15, -0.1) is 12.4 Å². The largest absolute Gasteiger partial charge is 0.492 e. The minimum atomic E-state index is -0.0655. The highest BCUT2D eigenvalue weighted by atomic mass is 35.5. The Bertz CT molecular complexity index is 422. The second-order valence-electron chi connectivity index (χ2n) is 4.86. The predicted molar refractivity (Wildman–Crippen MR) is 82.8 cm³/mol. The van der Waals surface area contributed by atoms with Gasteiger partial charge in [-0.2, -0.15) is 0 Å². The number of nitrogens with one attached hydrogen (secondary N) is 2. The van der Waals surface area contributed by atoms with Crippen molar-refractivity contribution in [2.75, 3.05) is 26.2 Å². The Morgan fingerprint density at radius 3 is 2.75 bits per heavy atom. The lowest BCUT2D eigenvalue weighted by Gasteiger charge is -2.11. The third-order valence-electron chi connectivity index (χ3n) is 3.14. The van der Waals surface area contributed by atoms with Crippen LogP contribution >= 0.6 is 12.4 Å². The first-order valence-corrected chi connectivity index (χ1v) is 7.02. The number of rotatable bonds is 8. The van der Waals surface area contributed by atoms with Crippen LogP contribution < -0.4 is 15.4 Å². The van der Waals surface area contributed by atoms with Crippen molar-refractivity contribution in [3.63, 3.8) is 0 Å². The molecule has 112 valence electrons. The van der Waals surface area contributed by atoms with Crippen molar-refractivity contribution in [3.8, 4) is 5.75 Å². The quantitative estimate of drug-likeness (QED) is 0.724. The number of hydrogen-bond acceptors (Lipinski definition) is 3. The van der Waals surface area contributed by atoms with Gasteiger partial charge in [-0.05, 0) is 37.4 Å². The molecule has 0 radical (unpaired) electrons. The Balaban J connectivity index is 0.00000200. The van der Waals surface area contributed by atoms with Crippen molar-refractivity contribution in [2.24, 2.45) is 5.92 Å².